The highest BCUT2D eigenvalue weighted by Crippen LogP contribution is 2.12. The number of hydrogen-bond acceptors (Lipinski definition) is 2. The van der Waals surface area contributed by atoms with Crippen LogP contribution in [-0.4, -0.2) is 28.8 Å². The highest BCUT2D eigenvalue weighted by atomic mass is 127. The fourth-order valence-corrected chi connectivity index (χ4v) is 1.70. The number of halogens is 1. The molecule has 0 saturated heterocycles. The van der Waals surface area contributed by atoms with Gasteiger partial charge >= 0.3 is 0 Å². The third kappa shape index (κ3) is 4.67. The van der Waals surface area contributed by atoms with Crippen molar-refractivity contribution in [3.8, 4) is 0 Å². The SMILES string of the molecule is C=CCNC(N)=NCCc1c(C)nn(C)c1C.I. The van der Waals surface area contributed by atoms with Gasteiger partial charge in [0.2, 0.25) is 0 Å². The van der Waals surface area contributed by atoms with Gasteiger partial charge < -0.3 is 11.1 Å². The Morgan fingerprint density at radius 1 is 1.56 bits per heavy atom. The summed E-state index contributed by atoms with van der Waals surface area (Å²) in [7, 11) is 1.95. The molecule has 0 aliphatic carbocycles. The fraction of sp³-hybridized carbons (Fsp3) is 0.500. The zero-order valence-electron chi connectivity index (χ0n) is 11.2. The molecule has 3 N–H and O–H groups in total. The van der Waals surface area contributed by atoms with Crippen LogP contribution in [0, 0.1) is 13.8 Å². The van der Waals surface area contributed by atoms with Gasteiger partial charge in [0.25, 0.3) is 0 Å². The molecule has 0 fully saturated rings. The van der Waals surface area contributed by atoms with Crippen molar-refractivity contribution in [1.82, 2.24) is 15.1 Å². The summed E-state index contributed by atoms with van der Waals surface area (Å²) in [6.07, 6.45) is 2.61. The predicted octanol–water partition coefficient (Wildman–Crippen LogP) is 1.29. The molecule has 0 radical (unpaired) electrons. The standard InChI is InChI=1S/C12H21N5.HI/c1-5-7-14-12(13)15-8-6-11-9(2)16-17(4)10(11)3;/h5H,1,6-8H2,2-4H3,(H3,13,14,15);1H. The van der Waals surface area contributed by atoms with Gasteiger partial charge in [-0.25, -0.2) is 0 Å². The Hall–Kier alpha value is -1.05. The largest absolute Gasteiger partial charge is 0.370 e. The summed E-state index contributed by atoms with van der Waals surface area (Å²) in [5.41, 5.74) is 9.19. The second-order valence-electron chi connectivity index (χ2n) is 3.96. The average Bonchev–Trinajstić information content (AvgIpc) is 2.53. The molecule has 102 valence electrons. The molecule has 0 saturated carbocycles. The Balaban J connectivity index is 0.00000289. The van der Waals surface area contributed by atoms with Crippen LogP contribution in [0.25, 0.3) is 0 Å². The van der Waals surface area contributed by atoms with E-state index in [1.165, 1.54) is 11.3 Å². The van der Waals surface area contributed by atoms with E-state index in [9.17, 15) is 0 Å². The maximum atomic E-state index is 5.68. The van der Waals surface area contributed by atoms with Crippen LogP contribution < -0.4 is 11.1 Å². The zero-order chi connectivity index (χ0) is 12.8. The minimum atomic E-state index is 0. The molecule has 0 spiro atoms. The molecule has 0 unspecified atom stereocenters. The van der Waals surface area contributed by atoms with Gasteiger partial charge in [0.05, 0.1) is 5.69 Å². The summed E-state index contributed by atoms with van der Waals surface area (Å²) < 4.78 is 1.90. The van der Waals surface area contributed by atoms with E-state index in [0.29, 0.717) is 19.0 Å². The van der Waals surface area contributed by atoms with Gasteiger partial charge in [-0.05, 0) is 25.8 Å². The van der Waals surface area contributed by atoms with Crippen LogP contribution in [0.3, 0.4) is 0 Å². The van der Waals surface area contributed by atoms with Crippen molar-refractivity contribution in [2.45, 2.75) is 20.3 Å². The molecule has 0 aromatic carbocycles. The molecule has 1 aromatic heterocycles. The second kappa shape index (κ2) is 8.12. The first-order valence-corrected chi connectivity index (χ1v) is 5.70. The van der Waals surface area contributed by atoms with Gasteiger partial charge in [-0.15, -0.1) is 30.6 Å². The predicted molar refractivity (Wildman–Crippen MR) is 86.5 cm³/mol. The molecule has 0 aliphatic rings. The van der Waals surface area contributed by atoms with Gasteiger partial charge in [0, 0.05) is 25.8 Å². The number of aryl methyl sites for hydroxylation is 2. The molecule has 0 amide bonds. The quantitative estimate of drug-likeness (QED) is 0.359. The lowest BCUT2D eigenvalue weighted by Gasteiger charge is -2.03. The van der Waals surface area contributed by atoms with Gasteiger partial charge in [0.15, 0.2) is 5.96 Å². The number of rotatable bonds is 5. The molecule has 5 nitrogen and oxygen atoms in total. The van der Waals surface area contributed by atoms with Crippen molar-refractivity contribution >= 4 is 29.9 Å². The summed E-state index contributed by atoms with van der Waals surface area (Å²) in [4.78, 5) is 4.25. The molecular formula is C12H22IN5. The second-order valence-corrected chi connectivity index (χ2v) is 3.96. The normalized spacial score (nSPS) is 10.9. The van der Waals surface area contributed by atoms with Gasteiger partial charge in [-0.1, -0.05) is 6.08 Å². The third-order valence-electron chi connectivity index (χ3n) is 2.73. The molecule has 0 atom stereocenters. The van der Waals surface area contributed by atoms with Gasteiger partial charge in [-0.2, -0.15) is 5.10 Å². The number of nitrogens with one attached hydrogen (secondary N) is 1. The Morgan fingerprint density at radius 3 is 2.72 bits per heavy atom. The van der Waals surface area contributed by atoms with E-state index in [2.05, 4.69) is 28.9 Å². The summed E-state index contributed by atoms with van der Waals surface area (Å²) in [6.45, 7) is 9.00. The molecule has 0 aliphatic heterocycles. The lowest BCUT2D eigenvalue weighted by molar-refractivity contribution is 0.730. The molecule has 1 aromatic rings. The molecular weight excluding hydrogens is 341 g/mol. The van der Waals surface area contributed by atoms with Crippen LogP contribution in [-0.2, 0) is 13.5 Å². The number of guanidine groups is 1. The van der Waals surface area contributed by atoms with Crippen LogP contribution >= 0.6 is 24.0 Å². The van der Waals surface area contributed by atoms with Crippen molar-refractivity contribution in [3.05, 3.63) is 29.6 Å². The van der Waals surface area contributed by atoms with E-state index in [-0.39, 0.29) is 24.0 Å². The van der Waals surface area contributed by atoms with Crippen molar-refractivity contribution in [2.24, 2.45) is 17.8 Å². The zero-order valence-corrected chi connectivity index (χ0v) is 13.6. The Bertz CT molecular complexity index is 422. The smallest absolute Gasteiger partial charge is 0.188 e. The van der Waals surface area contributed by atoms with Gasteiger partial charge in [-0.3, -0.25) is 9.67 Å². The van der Waals surface area contributed by atoms with Crippen LogP contribution in [0.5, 0.6) is 0 Å². The molecule has 6 heteroatoms. The van der Waals surface area contributed by atoms with E-state index in [0.717, 1.165) is 12.1 Å². The van der Waals surface area contributed by atoms with E-state index in [4.69, 9.17) is 5.73 Å². The maximum absolute atomic E-state index is 5.68. The summed E-state index contributed by atoms with van der Waals surface area (Å²) >= 11 is 0. The molecule has 1 rings (SSSR count). The maximum Gasteiger partial charge on any atom is 0.188 e. The lowest BCUT2D eigenvalue weighted by atomic mass is 10.1. The Morgan fingerprint density at radius 2 is 2.22 bits per heavy atom. The van der Waals surface area contributed by atoms with Crippen LogP contribution in [0.1, 0.15) is 17.0 Å². The van der Waals surface area contributed by atoms with Crippen molar-refractivity contribution < 1.29 is 0 Å². The van der Waals surface area contributed by atoms with Crippen LogP contribution in [0.2, 0.25) is 0 Å². The van der Waals surface area contributed by atoms with E-state index < -0.39 is 0 Å². The highest BCUT2D eigenvalue weighted by Gasteiger charge is 2.08. The topological polar surface area (TPSA) is 68.2 Å². The van der Waals surface area contributed by atoms with Crippen molar-refractivity contribution in [2.75, 3.05) is 13.1 Å². The van der Waals surface area contributed by atoms with Crippen LogP contribution in [0.15, 0.2) is 17.6 Å². The average molecular weight is 363 g/mol. The first kappa shape index (κ1) is 16.9. The molecule has 0 bridgehead atoms. The fourth-order valence-electron chi connectivity index (χ4n) is 1.70. The third-order valence-corrected chi connectivity index (χ3v) is 2.73. The minimum Gasteiger partial charge on any atom is -0.370 e. The minimum absolute atomic E-state index is 0. The van der Waals surface area contributed by atoms with Crippen LogP contribution in [0.4, 0.5) is 0 Å². The number of aliphatic imine (C=N–C) groups is 1. The lowest BCUT2D eigenvalue weighted by Crippen LogP contribution is -2.31. The van der Waals surface area contributed by atoms with Gasteiger partial charge in [0.1, 0.15) is 0 Å². The summed E-state index contributed by atoms with van der Waals surface area (Å²) in [5, 5.41) is 7.31. The number of hydrogen-bond donors (Lipinski definition) is 2. The van der Waals surface area contributed by atoms with Crippen molar-refractivity contribution in [1.29, 1.82) is 0 Å². The van der Waals surface area contributed by atoms with E-state index in [1.54, 1.807) is 6.08 Å². The summed E-state index contributed by atoms with van der Waals surface area (Å²) in [6, 6.07) is 0. The monoisotopic (exact) mass is 363 g/mol. The number of aromatic nitrogens is 2. The summed E-state index contributed by atoms with van der Waals surface area (Å²) in [5.74, 6) is 0.462. The Kier molecular flexibility index (Phi) is 7.65. The van der Waals surface area contributed by atoms with E-state index in [1.807, 2.05) is 18.7 Å². The Labute approximate surface area is 126 Å². The molecule has 18 heavy (non-hydrogen) atoms. The first-order valence-electron chi connectivity index (χ1n) is 5.70. The number of nitrogens with zero attached hydrogens (tertiary/aromatic N) is 3. The molecule has 1 heterocycles. The highest BCUT2D eigenvalue weighted by molar-refractivity contribution is 14.0. The van der Waals surface area contributed by atoms with E-state index >= 15 is 0 Å². The van der Waals surface area contributed by atoms with Crippen molar-refractivity contribution in [3.63, 3.8) is 0 Å². The number of nitrogens with two attached hydrogens (primary N) is 1. The first-order chi connectivity index (χ1) is 8.06.